The minimum atomic E-state index is 0.381. The Morgan fingerprint density at radius 2 is 2.17 bits per heavy atom. The van der Waals surface area contributed by atoms with Crippen molar-refractivity contribution in [2.45, 2.75) is 0 Å². The first-order chi connectivity index (χ1) is 5.79. The van der Waals surface area contributed by atoms with Crippen molar-refractivity contribution in [1.82, 2.24) is 0 Å². The van der Waals surface area contributed by atoms with Gasteiger partial charge in [-0.25, -0.2) is 0 Å². The molecule has 0 N–H and O–H groups in total. The van der Waals surface area contributed by atoms with Gasteiger partial charge in [-0.15, -0.1) is 0 Å². The summed E-state index contributed by atoms with van der Waals surface area (Å²) in [5.74, 6) is 0.381. The van der Waals surface area contributed by atoms with Crippen LogP contribution in [0.5, 0.6) is 0 Å². The average Bonchev–Trinajstić information content (AvgIpc) is 2.46. The molecule has 0 radical (unpaired) electrons. The van der Waals surface area contributed by atoms with Gasteiger partial charge >= 0.3 is 0 Å². The van der Waals surface area contributed by atoms with Crippen molar-refractivity contribution in [2.75, 3.05) is 0 Å². The fourth-order valence-corrected chi connectivity index (χ4v) is 1.55. The number of carbonyl (C=O) groups excluding carboxylic acids is 1. The van der Waals surface area contributed by atoms with Crippen molar-refractivity contribution >= 4 is 39.8 Å². The lowest BCUT2D eigenvalue weighted by Crippen LogP contribution is -1.66. The zero-order valence-corrected chi connectivity index (χ0v) is 8.24. The lowest BCUT2D eigenvalue weighted by Gasteiger charge is -1.87. The topological polar surface area (TPSA) is 30.2 Å². The monoisotopic (exact) mass is 272 g/mol. The first kappa shape index (κ1) is 7.79. The summed E-state index contributed by atoms with van der Waals surface area (Å²) >= 11 is 2.20. The minimum Gasteiger partial charge on any atom is -0.453 e. The van der Waals surface area contributed by atoms with Gasteiger partial charge in [0.05, 0.1) is 0 Å². The molecular formula is C9H5IO2. The third-order valence-corrected chi connectivity index (χ3v) is 2.29. The number of carbonyl (C=O) groups is 1. The number of benzene rings is 1. The maximum absolute atomic E-state index is 10.4. The smallest absolute Gasteiger partial charge is 0.185 e. The molecule has 0 aliphatic rings. The largest absolute Gasteiger partial charge is 0.453 e. The Morgan fingerprint density at radius 1 is 1.33 bits per heavy atom. The summed E-state index contributed by atoms with van der Waals surface area (Å²) in [6.45, 7) is 0. The van der Waals surface area contributed by atoms with E-state index in [0.717, 1.165) is 14.5 Å². The Labute approximate surface area is 82.7 Å². The molecule has 1 heterocycles. The van der Waals surface area contributed by atoms with Gasteiger partial charge in [0.15, 0.2) is 12.0 Å². The Morgan fingerprint density at radius 3 is 2.92 bits per heavy atom. The molecule has 0 aliphatic heterocycles. The van der Waals surface area contributed by atoms with Crippen molar-refractivity contribution in [2.24, 2.45) is 0 Å². The molecular weight excluding hydrogens is 267 g/mol. The van der Waals surface area contributed by atoms with Gasteiger partial charge in [0, 0.05) is 8.96 Å². The van der Waals surface area contributed by atoms with E-state index in [1.165, 1.54) is 0 Å². The van der Waals surface area contributed by atoms with Gasteiger partial charge in [-0.1, -0.05) is 6.07 Å². The first-order valence-corrected chi connectivity index (χ1v) is 4.52. The van der Waals surface area contributed by atoms with Crippen LogP contribution in [0.2, 0.25) is 0 Å². The summed E-state index contributed by atoms with van der Waals surface area (Å²) in [5, 5.41) is 0.970. The minimum absolute atomic E-state index is 0.381. The summed E-state index contributed by atoms with van der Waals surface area (Å²) in [4.78, 5) is 10.4. The second-order valence-corrected chi connectivity index (χ2v) is 3.69. The first-order valence-electron chi connectivity index (χ1n) is 3.44. The molecule has 0 saturated carbocycles. The number of furan rings is 1. The third kappa shape index (κ3) is 1.24. The van der Waals surface area contributed by atoms with Crippen LogP contribution >= 0.6 is 22.6 Å². The fraction of sp³-hybridized carbons (Fsp3) is 0. The Balaban J connectivity index is 2.75. The fourth-order valence-electron chi connectivity index (χ4n) is 1.08. The summed E-state index contributed by atoms with van der Waals surface area (Å²) in [6.07, 6.45) is 0.715. The van der Waals surface area contributed by atoms with Crippen LogP contribution in [-0.2, 0) is 0 Å². The van der Waals surface area contributed by atoms with Crippen molar-refractivity contribution in [3.05, 3.63) is 33.6 Å². The maximum Gasteiger partial charge on any atom is 0.185 e. The average molecular weight is 272 g/mol. The molecule has 12 heavy (non-hydrogen) atoms. The Hall–Kier alpha value is -0.840. The number of rotatable bonds is 1. The van der Waals surface area contributed by atoms with Crippen LogP contribution in [0.3, 0.4) is 0 Å². The molecule has 2 aromatic rings. The molecule has 1 aromatic heterocycles. The van der Waals surface area contributed by atoms with Gasteiger partial charge in [0.1, 0.15) is 5.58 Å². The van der Waals surface area contributed by atoms with E-state index in [-0.39, 0.29) is 0 Å². The highest BCUT2D eigenvalue weighted by Gasteiger charge is 2.01. The van der Waals surface area contributed by atoms with E-state index < -0.39 is 0 Å². The highest BCUT2D eigenvalue weighted by atomic mass is 127. The van der Waals surface area contributed by atoms with E-state index in [2.05, 4.69) is 22.6 Å². The molecule has 0 aliphatic carbocycles. The molecule has 1 aromatic carbocycles. The van der Waals surface area contributed by atoms with Crippen LogP contribution in [0.15, 0.2) is 28.7 Å². The normalized spacial score (nSPS) is 10.4. The number of hydrogen-bond acceptors (Lipinski definition) is 2. The molecule has 0 atom stereocenters. The number of aldehydes is 1. The predicted octanol–water partition coefficient (Wildman–Crippen LogP) is 2.85. The maximum atomic E-state index is 10.4. The standard InChI is InChI=1S/C9H5IO2/c10-7-2-1-6-3-8(5-11)12-9(6)4-7/h1-5H. The van der Waals surface area contributed by atoms with Crippen LogP contribution in [0.1, 0.15) is 10.6 Å². The summed E-state index contributed by atoms with van der Waals surface area (Å²) in [6, 6.07) is 7.56. The van der Waals surface area contributed by atoms with Crippen molar-refractivity contribution in [1.29, 1.82) is 0 Å². The molecule has 0 bridgehead atoms. The molecule has 2 nitrogen and oxygen atoms in total. The van der Waals surface area contributed by atoms with Crippen LogP contribution in [-0.4, -0.2) is 6.29 Å². The molecule has 3 heteroatoms. The van der Waals surface area contributed by atoms with Gasteiger partial charge in [-0.3, -0.25) is 4.79 Å². The summed E-state index contributed by atoms with van der Waals surface area (Å²) < 4.78 is 6.33. The number of fused-ring (bicyclic) bond motifs is 1. The van der Waals surface area contributed by atoms with E-state index in [9.17, 15) is 4.79 Å². The van der Waals surface area contributed by atoms with E-state index in [1.54, 1.807) is 6.07 Å². The number of hydrogen-bond donors (Lipinski definition) is 0. The Kier molecular flexibility index (Phi) is 1.88. The lowest BCUT2D eigenvalue weighted by molar-refractivity contribution is 0.110. The number of halogens is 1. The zero-order chi connectivity index (χ0) is 8.55. The van der Waals surface area contributed by atoms with Crippen LogP contribution < -0.4 is 0 Å². The third-order valence-electron chi connectivity index (χ3n) is 1.62. The molecule has 0 fully saturated rings. The zero-order valence-electron chi connectivity index (χ0n) is 6.08. The quantitative estimate of drug-likeness (QED) is 0.590. The highest BCUT2D eigenvalue weighted by molar-refractivity contribution is 14.1. The second kappa shape index (κ2) is 2.90. The van der Waals surface area contributed by atoms with Crippen molar-refractivity contribution < 1.29 is 9.21 Å². The van der Waals surface area contributed by atoms with Gasteiger partial charge in [0.2, 0.25) is 0 Å². The molecule has 60 valence electrons. The SMILES string of the molecule is O=Cc1cc2ccc(I)cc2o1. The molecule has 2 rings (SSSR count). The van der Waals surface area contributed by atoms with E-state index in [1.807, 2.05) is 18.2 Å². The van der Waals surface area contributed by atoms with Gasteiger partial charge in [-0.2, -0.15) is 0 Å². The van der Waals surface area contributed by atoms with Crippen LogP contribution in [0, 0.1) is 3.57 Å². The summed E-state index contributed by atoms with van der Waals surface area (Å²) in [7, 11) is 0. The predicted molar refractivity (Wildman–Crippen MR) is 54.3 cm³/mol. The van der Waals surface area contributed by atoms with Crippen LogP contribution in [0.25, 0.3) is 11.0 Å². The second-order valence-electron chi connectivity index (χ2n) is 2.45. The van der Waals surface area contributed by atoms with Crippen molar-refractivity contribution in [3.8, 4) is 0 Å². The molecule has 0 amide bonds. The molecule has 0 unspecified atom stereocenters. The molecule has 0 spiro atoms. The van der Waals surface area contributed by atoms with E-state index in [0.29, 0.717) is 12.0 Å². The van der Waals surface area contributed by atoms with Gasteiger partial charge in [0.25, 0.3) is 0 Å². The molecule has 0 saturated heterocycles. The van der Waals surface area contributed by atoms with E-state index >= 15 is 0 Å². The lowest BCUT2D eigenvalue weighted by atomic mass is 10.2. The van der Waals surface area contributed by atoms with Crippen LogP contribution in [0.4, 0.5) is 0 Å². The van der Waals surface area contributed by atoms with Gasteiger partial charge in [-0.05, 0) is 40.8 Å². The highest BCUT2D eigenvalue weighted by Crippen LogP contribution is 2.20. The van der Waals surface area contributed by atoms with E-state index in [4.69, 9.17) is 4.42 Å². The van der Waals surface area contributed by atoms with Crippen molar-refractivity contribution in [3.63, 3.8) is 0 Å². The Bertz CT molecular complexity index is 431. The van der Waals surface area contributed by atoms with Gasteiger partial charge < -0.3 is 4.42 Å². The summed E-state index contributed by atoms with van der Waals surface area (Å²) in [5.41, 5.74) is 0.768.